The molecule has 2 aliphatic rings. The second kappa shape index (κ2) is 13.5. The van der Waals surface area contributed by atoms with Crippen molar-refractivity contribution in [3.63, 3.8) is 0 Å². The average molecular weight is 651 g/mol. The van der Waals surface area contributed by atoms with Crippen LogP contribution in [0.1, 0.15) is 89.5 Å². The van der Waals surface area contributed by atoms with E-state index < -0.39 is 29.4 Å². The summed E-state index contributed by atoms with van der Waals surface area (Å²) >= 11 is 1.49. The molecule has 0 bridgehead atoms. The van der Waals surface area contributed by atoms with E-state index in [-0.39, 0.29) is 25.3 Å². The summed E-state index contributed by atoms with van der Waals surface area (Å²) in [5, 5.41) is 0.711. The van der Waals surface area contributed by atoms with Crippen LogP contribution in [-0.4, -0.2) is 75.3 Å². The molecule has 2 aliphatic heterocycles. The van der Waals surface area contributed by atoms with Gasteiger partial charge in [0.2, 0.25) is 0 Å². The van der Waals surface area contributed by atoms with Crippen molar-refractivity contribution in [3.8, 4) is 0 Å². The highest BCUT2D eigenvalue weighted by Gasteiger charge is 2.39. The first-order chi connectivity index (χ1) is 21.7. The third kappa shape index (κ3) is 8.29. The highest BCUT2D eigenvalue weighted by atomic mass is 32.1. The van der Waals surface area contributed by atoms with Crippen LogP contribution in [-0.2, 0) is 20.8 Å². The number of likely N-dealkylation sites (tertiary alicyclic amines) is 1. The number of rotatable bonds is 4. The Bertz CT molecular complexity index is 1550. The molecule has 0 aliphatic carbocycles. The van der Waals surface area contributed by atoms with Crippen molar-refractivity contribution < 1.29 is 28.6 Å². The predicted octanol–water partition coefficient (Wildman–Crippen LogP) is 7.94. The van der Waals surface area contributed by atoms with E-state index in [1.165, 1.54) is 11.3 Å². The molecular weight excluding hydrogens is 604 g/mol. The standard InChI is InChI=1S/C35H46N4O6S/c1-23-13-15-27(39(20-23)32(41)43-22-24-11-9-8-10-12-24)25-14-16-29-26(19-25)36-30(46-29)28-21-37(31(40)44-34(2,3)4)17-18-38(28)33(42)45-35(5,6)7/h8-12,14,16,19,23,27-28H,13,15,17-18,20-22H2,1-7H3/t23-,27+,28?/m0/s1. The molecule has 3 atom stereocenters. The summed E-state index contributed by atoms with van der Waals surface area (Å²) in [7, 11) is 0. The molecule has 46 heavy (non-hydrogen) atoms. The number of benzene rings is 2. The minimum absolute atomic E-state index is 0.135. The quantitative estimate of drug-likeness (QED) is 0.264. The Kier molecular flexibility index (Phi) is 9.81. The maximum Gasteiger partial charge on any atom is 0.411 e. The number of nitrogens with zero attached hydrogens (tertiary/aromatic N) is 4. The lowest BCUT2D eigenvalue weighted by Gasteiger charge is -2.41. The minimum atomic E-state index is -0.669. The first kappa shape index (κ1) is 33.5. The Morgan fingerprint density at radius 1 is 0.826 bits per heavy atom. The van der Waals surface area contributed by atoms with Crippen LogP contribution in [0.5, 0.6) is 0 Å². The van der Waals surface area contributed by atoms with Crippen molar-refractivity contribution >= 4 is 39.8 Å². The van der Waals surface area contributed by atoms with Gasteiger partial charge in [-0.1, -0.05) is 43.3 Å². The number of thiazole rings is 1. The molecule has 248 valence electrons. The van der Waals surface area contributed by atoms with Gasteiger partial charge >= 0.3 is 18.3 Å². The number of piperidine rings is 1. The van der Waals surface area contributed by atoms with Gasteiger partial charge in [0.05, 0.1) is 22.8 Å². The number of aromatic nitrogens is 1. The predicted molar refractivity (Wildman–Crippen MR) is 178 cm³/mol. The average Bonchev–Trinajstić information content (AvgIpc) is 3.42. The molecule has 10 nitrogen and oxygen atoms in total. The molecular formula is C35H46N4O6S. The van der Waals surface area contributed by atoms with E-state index >= 15 is 0 Å². The van der Waals surface area contributed by atoms with Gasteiger partial charge in [-0.25, -0.2) is 19.4 Å². The third-order valence-corrected chi connectivity index (χ3v) is 9.15. The van der Waals surface area contributed by atoms with Crippen LogP contribution >= 0.6 is 11.3 Å². The van der Waals surface area contributed by atoms with Gasteiger partial charge < -0.3 is 24.0 Å². The molecule has 3 amide bonds. The zero-order valence-electron chi connectivity index (χ0n) is 27.9. The molecule has 2 fully saturated rings. The normalized spacial score (nSPS) is 20.8. The van der Waals surface area contributed by atoms with E-state index in [9.17, 15) is 14.4 Å². The van der Waals surface area contributed by atoms with Gasteiger partial charge in [0.15, 0.2) is 0 Å². The third-order valence-electron chi connectivity index (χ3n) is 8.02. The minimum Gasteiger partial charge on any atom is -0.445 e. The number of ether oxygens (including phenoxy) is 3. The highest BCUT2D eigenvalue weighted by molar-refractivity contribution is 7.18. The van der Waals surface area contributed by atoms with E-state index in [0.29, 0.717) is 30.6 Å². The van der Waals surface area contributed by atoms with E-state index in [4.69, 9.17) is 19.2 Å². The van der Waals surface area contributed by atoms with Crippen LogP contribution in [0.3, 0.4) is 0 Å². The summed E-state index contributed by atoms with van der Waals surface area (Å²) in [6, 6.07) is 15.2. The fraction of sp³-hybridized carbons (Fsp3) is 0.543. The molecule has 0 saturated carbocycles. The first-order valence-electron chi connectivity index (χ1n) is 16.0. The van der Waals surface area contributed by atoms with E-state index in [0.717, 1.165) is 34.2 Å². The van der Waals surface area contributed by atoms with Crippen LogP contribution in [0.2, 0.25) is 0 Å². The second-order valence-corrected chi connectivity index (χ2v) is 15.3. The van der Waals surface area contributed by atoms with Crippen molar-refractivity contribution in [2.75, 3.05) is 26.2 Å². The van der Waals surface area contributed by atoms with Crippen LogP contribution in [0, 0.1) is 5.92 Å². The van der Waals surface area contributed by atoms with Crippen LogP contribution in [0.15, 0.2) is 48.5 Å². The van der Waals surface area contributed by atoms with Crippen molar-refractivity contribution in [1.29, 1.82) is 0 Å². The van der Waals surface area contributed by atoms with Crippen molar-refractivity contribution in [3.05, 3.63) is 64.7 Å². The number of fused-ring (bicyclic) bond motifs is 1. The van der Waals surface area contributed by atoms with Crippen molar-refractivity contribution in [2.24, 2.45) is 5.92 Å². The molecule has 2 saturated heterocycles. The fourth-order valence-electron chi connectivity index (χ4n) is 5.84. The number of hydrogen-bond acceptors (Lipinski definition) is 8. The van der Waals surface area contributed by atoms with E-state index in [2.05, 4.69) is 13.0 Å². The lowest BCUT2D eigenvalue weighted by Crippen LogP contribution is -2.54. The Morgan fingerprint density at radius 3 is 2.22 bits per heavy atom. The highest BCUT2D eigenvalue weighted by Crippen LogP contribution is 2.38. The second-order valence-electron chi connectivity index (χ2n) is 14.3. The van der Waals surface area contributed by atoms with E-state index in [1.807, 2.05) is 88.9 Å². The van der Waals surface area contributed by atoms with E-state index in [1.54, 1.807) is 9.80 Å². The van der Waals surface area contributed by atoms with Gasteiger partial charge in [0.1, 0.15) is 28.9 Å². The molecule has 3 heterocycles. The molecule has 1 aromatic heterocycles. The number of carbonyl (C=O) groups excluding carboxylic acids is 3. The number of piperazine rings is 1. The zero-order valence-corrected chi connectivity index (χ0v) is 28.8. The lowest BCUT2D eigenvalue weighted by molar-refractivity contribution is -0.0152. The molecule has 0 N–H and O–H groups in total. The lowest BCUT2D eigenvalue weighted by atomic mass is 9.90. The number of carbonyl (C=O) groups is 3. The summed E-state index contributed by atoms with van der Waals surface area (Å²) in [5.74, 6) is 0.369. The van der Waals surface area contributed by atoms with Gasteiger partial charge in [-0.2, -0.15) is 0 Å². The molecule has 0 spiro atoms. The van der Waals surface area contributed by atoms with Crippen molar-refractivity contribution in [1.82, 2.24) is 19.7 Å². The van der Waals surface area contributed by atoms with Crippen LogP contribution in [0.25, 0.3) is 10.2 Å². The zero-order chi connectivity index (χ0) is 33.2. The van der Waals surface area contributed by atoms with Crippen molar-refractivity contribution in [2.45, 2.75) is 91.2 Å². The molecule has 3 aromatic rings. The molecule has 0 radical (unpaired) electrons. The SMILES string of the molecule is C[C@H]1CC[C@H](c2ccc3sc(C4CN(C(=O)OC(C)(C)C)CCN4C(=O)OC(C)(C)C)nc3c2)N(C(=O)OCc2ccccc2)C1. The Hall–Kier alpha value is -3.86. The van der Waals surface area contributed by atoms with Gasteiger partial charge in [-0.15, -0.1) is 11.3 Å². The van der Waals surface area contributed by atoms with Gasteiger partial charge in [0.25, 0.3) is 0 Å². The van der Waals surface area contributed by atoms with Gasteiger partial charge in [0, 0.05) is 19.6 Å². The van der Waals surface area contributed by atoms with Crippen LogP contribution < -0.4 is 0 Å². The smallest absolute Gasteiger partial charge is 0.411 e. The summed E-state index contributed by atoms with van der Waals surface area (Å²) in [6.07, 6.45) is 0.639. The number of amides is 3. The van der Waals surface area contributed by atoms with Gasteiger partial charge in [-0.05, 0) is 83.6 Å². The molecule has 2 aromatic carbocycles. The topological polar surface area (TPSA) is 102 Å². The summed E-state index contributed by atoms with van der Waals surface area (Å²) in [6.45, 7) is 14.9. The summed E-state index contributed by atoms with van der Waals surface area (Å²) in [4.78, 5) is 49.9. The van der Waals surface area contributed by atoms with Gasteiger partial charge in [-0.3, -0.25) is 4.90 Å². The maximum absolute atomic E-state index is 13.3. The summed E-state index contributed by atoms with van der Waals surface area (Å²) in [5.41, 5.74) is 1.42. The Balaban J connectivity index is 1.40. The Morgan fingerprint density at radius 2 is 1.52 bits per heavy atom. The Labute approximate surface area is 275 Å². The maximum atomic E-state index is 13.3. The number of hydrogen-bond donors (Lipinski definition) is 0. The monoisotopic (exact) mass is 650 g/mol. The molecule has 1 unspecified atom stereocenters. The fourth-order valence-corrected chi connectivity index (χ4v) is 6.89. The first-order valence-corrected chi connectivity index (χ1v) is 16.8. The largest absolute Gasteiger partial charge is 0.445 e. The summed E-state index contributed by atoms with van der Waals surface area (Å²) < 4.78 is 18.1. The van der Waals surface area contributed by atoms with Crippen LogP contribution in [0.4, 0.5) is 14.4 Å². The molecule has 5 rings (SSSR count). The molecule has 11 heteroatoms.